The molecule has 1 saturated carbocycles. The third-order valence-corrected chi connectivity index (χ3v) is 3.75. The van der Waals surface area contributed by atoms with Crippen molar-refractivity contribution in [2.75, 3.05) is 6.61 Å². The van der Waals surface area contributed by atoms with E-state index in [1.165, 1.54) is 32.1 Å². The van der Waals surface area contributed by atoms with Crippen LogP contribution in [0.25, 0.3) is 0 Å². The highest BCUT2D eigenvalue weighted by Gasteiger charge is 2.27. The molecule has 0 atom stereocenters. The standard InChI is InChI=1S/C15H20O3/c1-15(9-3-2-4-10-15)11-18-13-7-5-12(6-8-13)14(16)17/h5-8H,2-4,9-11H2,1H3,(H,16,17). The van der Waals surface area contributed by atoms with E-state index < -0.39 is 5.97 Å². The van der Waals surface area contributed by atoms with E-state index in [1.54, 1.807) is 24.3 Å². The molecular formula is C15H20O3. The Labute approximate surface area is 108 Å². The molecule has 1 aromatic carbocycles. The van der Waals surface area contributed by atoms with Crippen molar-refractivity contribution in [1.29, 1.82) is 0 Å². The molecule has 0 saturated heterocycles. The van der Waals surface area contributed by atoms with Crippen LogP contribution in [0.3, 0.4) is 0 Å². The monoisotopic (exact) mass is 248 g/mol. The first-order valence-corrected chi connectivity index (χ1v) is 6.55. The van der Waals surface area contributed by atoms with Crippen LogP contribution in [-0.2, 0) is 0 Å². The molecule has 0 bridgehead atoms. The lowest BCUT2D eigenvalue weighted by Crippen LogP contribution is -2.27. The van der Waals surface area contributed by atoms with Crippen LogP contribution in [-0.4, -0.2) is 17.7 Å². The number of hydrogen-bond donors (Lipinski definition) is 1. The summed E-state index contributed by atoms with van der Waals surface area (Å²) in [6.07, 6.45) is 6.36. The summed E-state index contributed by atoms with van der Waals surface area (Å²) < 4.78 is 5.79. The van der Waals surface area contributed by atoms with Gasteiger partial charge in [0.25, 0.3) is 0 Å². The fraction of sp³-hybridized carbons (Fsp3) is 0.533. The predicted octanol–water partition coefficient (Wildman–Crippen LogP) is 3.73. The molecule has 0 aromatic heterocycles. The van der Waals surface area contributed by atoms with Gasteiger partial charge in [0.1, 0.15) is 5.75 Å². The Hall–Kier alpha value is -1.51. The average molecular weight is 248 g/mol. The van der Waals surface area contributed by atoms with E-state index in [-0.39, 0.29) is 5.41 Å². The smallest absolute Gasteiger partial charge is 0.335 e. The van der Waals surface area contributed by atoms with Crippen molar-refractivity contribution >= 4 is 5.97 Å². The molecule has 0 heterocycles. The van der Waals surface area contributed by atoms with Crippen molar-refractivity contribution in [2.24, 2.45) is 5.41 Å². The number of aromatic carboxylic acids is 1. The molecule has 3 heteroatoms. The van der Waals surface area contributed by atoms with Gasteiger partial charge >= 0.3 is 5.97 Å². The van der Waals surface area contributed by atoms with Crippen molar-refractivity contribution in [1.82, 2.24) is 0 Å². The van der Waals surface area contributed by atoms with Crippen LogP contribution >= 0.6 is 0 Å². The summed E-state index contributed by atoms with van der Waals surface area (Å²) >= 11 is 0. The van der Waals surface area contributed by atoms with Gasteiger partial charge in [0.05, 0.1) is 12.2 Å². The fourth-order valence-corrected chi connectivity index (χ4v) is 2.50. The lowest BCUT2D eigenvalue weighted by molar-refractivity contribution is 0.0696. The second kappa shape index (κ2) is 5.42. The van der Waals surface area contributed by atoms with Crippen LogP contribution in [0.5, 0.6) is 5.75 Å². The van der Waals surface area contributed by atoms with Crippen molar-refractivity contribution in [2.45, 2.75) is 39.0 Å². The number of benzene rings is 1. The molecular weight excluding hydrogens is 228 g/mol. The summed E-state index contributed by atoms with van der Waals surface area (Å²) in [5.74, 6) is -0.146. The van der Waals surface area contributed by atoms with Crippen LogP contribution in [0.15, 0.2) is 24.3 Å². The molecule has 1 aliphatic rings. The molecule has 0 amide bonds. The third-order valence-electron chi connectivity index (χ3n) is 3.75. The minimum absolute atomic E-state index is 0.281. The normalized spacial score (nSPS) is 18.3. The van der Waals surface area contributed by atoms with Gasteiger partial charge in [0.2, 0.25) is 0 Å². The SMILES string of the molecule is CC1(COc2ccc(C(=O)O)cc2)CCCCC1. The summed E-state index contributed by atoms with van der Waals surface area (Å²) in [4.78, 5) is 10.7. The van der Waals surface area contributed by atoms with Crippen LogP contribution in [0.4, 0.5) is 0 Å². The maximum Gasteiger partial charge on any atom is 0.335 e. The Morgan fingerprint density at radius 1 is 1.22 bits per heavy atom. The molecule has 2 rings (SSSR count). The van der Waals surface area contributed by atoms with Gasteiger partial charge in [-0.05, 0) is 37.1 Å². The van der Waals surface area contributed by atoms with Gasteiger partial charge in [-0.15, -0.1) is 0 Å². The minimum Gasteiger partial charge on any atom is -0.493 e. The average Bonchev–Trinajstić information content (AvgIpc) is 2.38. The molecule has 18 heavy (non-hydrogen) atoms. The first-order chi connectivity index (χ1) is 8.59. The maximum atomic E-state index is 10.7. The Kier molecular flexibility index (Phi) is 3.90. The number of carboxylic acid groups (broad SMARTS) is 1. The van der Waals surface area contributed by atoms with Gasteiger partial charge in [0, 0.05) is 5.41 Å². The Morgan fingerprint density at radius 2 is 1.83 bits per heavy atom. The molecule has 0 radical (unpaired) electrons. The van der Waals surface area contributed by atoms with Gasteiger partial charge in [-0.2, -0.15) is 0 Å². The van der Waals surface area contributed by atoms with Crippen LogP contribution in [0.1, 0.15) is 49.4 Å². The summed E-state index contributed by atoms with van der Waals surface area (Å²) in [6.45, 7) is 3.00. The Morgan fingerprint density at radius 3 is 2.39 bits per heavy atom. The van der Waals surface area contributed by atoms with Crippen molar-refractivity contribution < 1.29 is 14.6 Å². The number of carboxylic acids is 1. The molecule has 1 N–H and O–H groups in total. The van der Waals surface area contributed by atoms with Gasteiger partial charge in [-0.1, -0.05) is 26.2 Å². The molecule has 3 nitrogen and oxygen atoms in total. The maximum absolute atomic E-state index is 10.7. The molecule has 98 valence electrons. The second-order valence-corrected chi connectivity index (χ2v) is 5.49. The zero-order chi connectivity index (χ0) is 13.0. The largest absolute Gasteiger partial charge is 0.493 e. The highest BCUT2D eigenvalue weighted by atomic mass is 16.5. The van der Waals surface area contributed by atoms with Gasteiger partial charge in [-0.25, -0.2) is 4.79 Å². The van der Waals surface area contributed by atoms with Crippen molar-refractivity contribution in [3.05, 3.63) is 29.8 Å². The van der Waals surface area contributed by atoms with E-state index in [1.807, 2.05) is 0 Å². The molecule has 1 fully saturated rings. The number of rotatable bonds is 4. The summed E-state index contributed by atoms with van der Waals surface area (Å²) in [6, 6.07) is 6.63. The van der Waals surface area contributed by atoms with E-state index in [0.29, 0.717) is 5.56 Å². The highest BCUT2D eigenvalue weighted by molar-refractivity contribution is 5.87. The Bertz CT molecular complexity index is 402. The number of hydrogen-bond acceptors (Lipinski definition) is 2. The lowest BCUT2D eigenvalue weighted by atomic mass is 9.76. The molecule has 1 aliphatic carbocycles. The predicted molar refractivity (Wildman–Crippen MR) is 70.1 cm³/mol. The van der Waals surface area contributed by atoms with Crippen molar-refractivity contribution in [3.63, 3.8) is 0 Å². The Balaban J connectivity index is 1.91. The first kappa shape index (κ1) is 12.9. The molecule has 0 unspecified atom stereocenters. The minimum atomic E-state index is -0.902. The van der Waals surface area contributed by atoms with Crippen LogP contribution in [0.2, 0.25) is 0 Å². The molecule has 1 aromatic rings. The fourth-order valence-electron chi connectivity index (χ4n) is 2.50. The third kappa shape index (κ3) is 3.25. The number of ether oxygens (including phenoxy) is 1. The summed E-state index contributed by atoms with van der Waals surface area (Å²) in [5, 5.41) is 8.81. The van der Waals surface area contributed by atoms with E-state index in [4.69, 9.17) is 9.84 Å². The van der Waals surface area contributed by atoms with Crippen LogP contribution < -0.4 is 4.74 Å². The van der Waals surface area contributed by atoms with E-state index in [0.717, 1.165) is 12.4 Å². The van der Waals surface area contributed by atoms with E-state index >= 15 is 0 Å². The van der Waals surface area contributed by atoms with Crippen molar-refractivity contribution in [3.8, 4) is 5.75 Å². The van der Waals surface area contributed by atoms with Gasteiger partial charge in [-0.3, -0.25) is 0 Å². The summed E-state index contributed by atoms with van der Waals surface area (Å²) in [5.41, 5.74) is 0.579. The number of carbonyl (C=O) groups is 1. The molecule has 0 aliphatic heterocycles. The van der Waals surface area contributed by atoms with E-state index in [9.17, 15) is 4.79 Å². The first-order valence-electron chi connectivity index (χ1n) is 6.55. The second-order valence-electron chi connectivity index (χ2n) is 5.49. The highest BCUT2D eigenvalue weighted by Crippen LogP contribution is 2.36. The zero-order valence-electron chi connectivity index (χ0n) is 10.8. The topological polar surface area (TPSA) is 46.5 Å². The van der Waals surface area contributed by atoms with Crippen LogP contribution in [0, 0.1) is 5.41 Å². The summed E-state index contributed by atoms with van der Waals surface area (Å²) in [7, 11) is 0. The van der Waals surface area contributed by atoms with Gasteiger partial charge < -0.3 is 9.84 Å². The van der Waals surface area contributed by atoms with E-state index in [2.05, 4.69) is 6.92 Å². The molecule has 0 spiro atoms. The quantitative estimate of drug-likeness (QED) is 0.883. The zero-order valence-corrected chi connectivity index (χ0v) is 10.8. The lowest BCUT2D eigenvalue weighted by Gasteiger charge is -2.33. The van der Waals surface area contributed by atoms with Gasteiger partial charge in [0.15, 0.2) is 0 Å².